The molecule has 0 radical (unpaired) electrons. The van der Waals surface area contributed by atoms with Gasteiger partial charge in [0.05, 0.1) is 24.7 Å². The highest BCUT2D eigenvalue weighted by Crippen LogP contribution is 2.25. The van der Waals surface area contributed by atoms with Gasteiger partial charge < -0.3 is 32.8 Å². The molecular weight excluding hydrogens is 563 g/mol. The van der Waals surface area contributed by atoms with E-state index in [2.05, 4.69) is 30.6 Å². The smallest absolute Gasteiger partial charge is 0.465 e. The van der Waals surface area contributed by atoms with Crippen molar-refractivity contribution < 1.29 is 46.7 Å². The molecule has 0 aromatic rings. The first kappa shape index (κ1) is 36.0. The Kier molecular flexibility index (Phi) is 20.4. The number of rotatable bonds is 21. The number of ether oxygens (including phenoxy) is 3. The van der Waals surface area contributed by atoms with Crippen LogP contribution in [0, 0.1) is 5.41 Å². The molecule has 0 aromatic carbocycles. The van der Waals surface area contributed by atoms with Crippen molar-refractivity contribution in [2.45, 2.75) is 45.1 Å². The molecule has 0 saturated heterocycles. The minimum Gasteiger partial charge on any atom is -0.465 e. The van der Waals surface area contributed by atoms with Crippen LogP contribution >= 0.6 is 37.0 Å². The molecule has 0 rings (SSSR count). The molecule has 0 unspecified atom stereocenters. The van der Waals surface area contributed by atoms with Crippen molar-refractivity contribution in [1.29, 1.82) is 0 Å². The molecule has 0 aliphatic heterocycles. The topological polar surface area (TPSA) is 136 Å². The normalized spacial score (nSPS) is 11.6. The second kappa shape index (κ2) is 20.9. The summed E-state index contributed by atoms with van der Waals surface area (Å²) >= 11 is 8.99. The largest absolute Gasteiger partial charge is 0.500 e. The maximum Gasteiger partial charge on any atom is 0.500 e. The van der Waals surface area contributed by atoms with Crippen LogP contribution in [-0.2, 0) is 41.9 Å². The van der Waals surface area contributed by atoms with E-state index in [1.807, 2.05) is 6.92 Å². The van der Waals surface area contributed by atoms with Crippen LogP contribution in [0.15, 0.2) is 0 Å². The molecule has 0 bridgehead atoms. The molecule has 11 nitrogen and oxygen atoms in total. The standard InChI is InChI=1S/C22H41NO10S3Si/c1-5-22(15-31-18(24)7-11-34,16-32-19(25)8-12-35)17-33-20(26)9-13-36-21(27)23-10-6-14-37(28-2,29-3)30-4/h34-35H,5-17H2,1-4H3,(H,23,27). The van der Waals surface area contributed by atoms with E-state index in [0.717, 1.165) is 11.8 Å². The van der Waals surface area contributed by atoms with Gasteiger partial charge in [-0.3, -0.25) is 19.2 Å². The summed E-state index contributed by atoms with van der Waals surface area (Å²) in [5, 5.41) is 2.50. The van der Waals surface area contributed by atoms with Crippen molar-refractivity contribution in [1.82, 2.24) is 5.32 Å². The third-order valence-electron chi connectivity index (χ3n) is 5.40. The average Bonchev–Trinajstić information content (AvgIpc) is 2.89. The Morgan fingerprint density at radius 1 is 0.811 bits per heavy atom. The lowest BCUT2D eigenvalue weighted by molar-refractivity contribution is -0.161. The molecule has 0 aliphatic rings. The van der Waals surface area contributed by atoms with Crippen molar-refractivity contribution in [3.63, 3.8) is 0 Å². The van der Waals surface area contributed by atoms with Crippen LogP contribution in [0.5, 0.6) is 0 Å². The van der Waals surface area contributed by atoms with Gasteiger partial charge in [0.25, 0.3) is 5.24 Å². The highest BCUT2D eigenvalue weighted by atomic mass is 32.2. The molecule has 0 spiro atoms. The Labute approximate surface area is 235 Å². The van der Waals surface area contributed by atoms with Gasteiger partial charge in [0.1, 0.15) is 19.8 Å². The predicted octanol–water partition coefficient (Wildman–Crippen LogP) is 2.75. The first-order chi connectivity index (χ1) is 17.6. The SMILES string of the molecule is CCC(COC(=O)CCS)(COC(=O)CCS)COC(=O)CCSC(=O)NCCC[Si](OC)(OC)OC. The van der Waals surface area contributed by atoms with Crippen molar-refractivity contribution in [3.8, 4) is 0 Å². The lowest BCUT2D eigenvalue weighted by Gasteiger charge is -2.31. The second-order valence-electron chi connectivity index (χ2n) is 7.99. The number of thioether (sulfide) groups is 1. The zero-order valence-corrected chi connectivity index (χ0v) is 25.7. The number of carbonyl (C=O) groups is 4. The first-order valence-electron chi connectivity index (χ1n) is 11.9. The van der Waals surface area contributed by atoms with E-state index in [-0.39, 0.29) is 50.1 Å². The van der Waals surface area contributed by atoms with E-state index in [4.69, 9.17) is 27.5 Å². The second-order valence-corrected chi connectivity index (χ2v) is 13.0. The van der Waals surface area contributed by atoms with E-state index >= 15 is 0 Å². The number of esters is 3. The van der Waals surface area contributed by atoms with Crippen LogP contribution in [-0.4, -0.2) is 96.9 Å². The van der Waals surface area contributed by atoms with E-state index in [0.29, 0.717) is 36.9 Å². The summed E-state index contributed by atoms with van der Waals surface area (Å²) in [5.74, 6) is -0.496. The number of nitrogens with one attached hydrogen (secondary N) is 1. The monoisotopic (exact) mass is 603 g/mol. The van der Waals surface area contributed by atoms with Gasteiger partial charge in [-0.25, -0.2) is 0 Å². The Balaban J connectivity index is 4.59. The van der Waals surface area contributed by atoms with E-state index < -0.39 is 32.1 Å². The highest BCUT2D eigenvalue weighted by molar-refractivity contribution is 8.13. The van der Waals surface area contributed by atoms with Gasteiger partial charge in [-0.05, 0) is 12.8 Å². The number of amides is 1. The van der Waals surface area contributed by atoms with E-state index in [9.17, 15) is 19.2 Å². The van der Waals surface area contributed by atoms with Crippen LogP contribution in [0.4, 0.5) is 4.79 Å². The minimum atomic E-state index is -2.67. The third-order valence-corrected chi connectivity index (χ3v) is 9.50. The predicted molar refractivity (Wildman–Crippen MR) is 149 cm³/mol. The Bertz CT molecular complexity index is 667. The summed E-state index contributed by atoms with van der Waals surface area (Å²) in [5.41, 5.74) is -0.885. The Morgan fingerprint density at radius 3 is 1.68 bits per heavy atom. The van der Waals surface area contributed by atoms with Crippen molar-refractivity contribution >= 4 is 69.0 Å². The maximum absolute atomic E-state index is 12.3. The summed E-state index contributed by atoms with van der Waals surface area (Å²) in [4.78, 5) is 48.0. The zero-order chi connectivity index (χ0) is 28.2. The molecular formula is C22H41NO10S3Si. The van der Waals surface area contributed by atoms with Gasteiger partial charge in [-0.15, -0.1) is 0 Å². The lowest BCUT2D eigenvalue weighted by Crippen LogP contribution is -2.43. The fraction of sp³-hybridized carbons (Fsp3) is 0.818. The Morgan fingerprint density at radius 2 is 1.27 bits per heavy atom. The first-order valence-corrected chi connectivity index (χ1v) is 16.1. The van der Waals surface area contributed by atoms with Gasteiger partial charge in [0.15, 0.2) is 0 Å². The quantitative estimate of drug-likeness (QED) is 0.0588. The molecule has 1 amide bonds. The molecule has 0 atom stereocenters. The summed E-state index contributed by atoms with van der Waals surface area (Å²) in [6.07, 6.45) is 1.32. The van der Waals surface area contributed by atoms with Gasteiger partial charge in [0.2, 0.25) is 0 Å². The van der Waals surface area contributed by atoms with Gasteiger partial charge in [0, 0.05) is 51.2 Å². The van der Waals surface area contributed by atoms with Crippen LogP contribution in [0.2, 0.25) is 6.04 Å². The zero-order valence-electron chi connectivity index (χ0n) is 22.1. The molecule has 15 heteroatoms. The molecule has 37 heavy (non-hydrogen) atoms. The highest BCUT2D eigenvalue weighted by Gasteiger charge is 2.37. The molecule has 1 N–H and O–H groups in total. The van der Waals surface area contributed by atoms with Crippen LogP contribution in [0.3, 0.4) is 0 Å². The van der Waals surface area contributed by atoms with Crippen LogP contribution in [0.1, 0.15) is 39.0 Å². The molecule has 0 aromatic heterocycles. The van der Waals surface area contributed by atoms with E-state index in [1.165, 1.54) is 21.3 Å². The van der Waals surface area contributed by atoms with Crippen LogP contribution in [0.25, 0.3) is 0 Å². The number of carbonyl (C=O) groups excluding carboxylic acids is 4. The van der Waals surface area contributed by atoms with Crippen molar-refractivity contribution in [2.75, 3.05) is 65.0 Å². The average molecular weight is 604 g/mol. The maximum atomic E-state index is 12.3. The van der Waals surface area contributed by atoms with Crippen molar-refractivity contribution in [3.05, 3.63) is 0 Å². The Hall–Kier alpha value is -0.973. The van der Waals surface area contributed by atoms with Gasteiger partial charge in [-0.1, -0.05) is 18.7 Å². The molecule has 0 saturated carbocycles. The van der Waals surface area contributed by atoms with Crippen LogP contribution < -0.4 is 5.32 Å². The fourth-order valence-electron chi connectivity index (χ4n) is 2.86. The summed E-state index contributed by atoms with van der Waals surface area (Å²) in [7, 11) is 1.92. The van der Waals surface area contributed by atoms with Crippen molar-refractivity contribution in [2.24, 2.45) is 5.41 Å². The summed E-state index contributed by atoms with van der Waals surface area (Å²) in [6, 6.07) is 0.556. The molecule has 0 aliphatic carbocycles. The van der Waals surface area contributed by atoms with Gasteiger partial charge in [-0.2, -0.15) is 25.3 Å². The number of hydrogen-bond acceptors (Lipinski definition) is 13. The third kappa shape index (κ3) is 15.9. The molecule has 0 heterocycles. The minimum absolute atomic E-state index is 0.00378. The fourth-order valence-corrected chi connectivity index (χ4v) is 5.61. The summed E-state index contributed by atoms with van der Waals surface area (Å²) in [6.45, 7) is 1.98. The number of hydrogen-bond donors (Lipinski definition) is 3. The summed E-state index contributed by atoms with van der Waals surface area (Å²) < 4.78 is 32.0. The molecule has 0 fully saturated rings. The van der Waals surface area contributed by atoms with Gasteiger partial charge >= 0.3 is 26.7 Å². The number of thiol groups is 2. The lowest BCUT2D eigenvalue weighted by atomic mass is 9.88. The van der Waals surface area contributed by atoms with E-state index in [1.54, 1.807) is 0 Å². The molecule has 216 valence electrons.